The number of rotatable bonds is 5. The average Bonchev–Trinajstić information content (AvgIpc) is 2.41. The Morgan fingerprint density at radius 3 is 2.50 bits per heavy atom. The highest BCUT2D eigenvalue weighted by Gasteiger charge is 2.30. The van der Waals surface area contributed by atoms with Crippen molar-refractivity contribution in [1.29, 1.82) is 0 Å². The second kappa shape index (κ2) is 7.46. The van der Waals surface area contributed by atoms with Crippen molar-refractivity contribution in [2.75, 3.05) is 32.7 Å². The fourth-order valence-corrected chi connectivity index (χ4v) is 3.80. The molecule has 3 nitrogen and oxygen atoms in total. The number of hydrogen-bond donors (Lipinski definition) is 1. The maximum absolute atomic E-state index is 5.78. The molecule has 0 aromatic rings. The number of hydrogen-bond acceptors (Lipinski definition) is 3. The van der Waals surface area contributed by atoms with Crippen LogP contribution in [0.1, 0.15) is 51.9 Å². The summed E-state index contributed by atoms with van der Waals surface area (Å²) < 4.78 is 0. The first kappa shape index (κ1) is 14.3. The van der Waals surface area contributed by atoms with Gasteiger partial charge in [-0.2, -0.15) is 0 Å². The Bertz CT molecular complexity index is 222. The van der Waals surface area contributed by atoms with Crippen LogP contribution in [0, 0.1) is 0 Å². The molecular weight excluding hydrogens is 222 g/mol. The fraction of sp³-hybridized carbons (Fsp3) is 1.00. The van der Waals surface area contributed by atoms with Crippen molar-refractivity contribution in [3.63, 3.8) is 0 Å². The van der Waals surface area contributed by atoms with Gasteiger partial charge in [0.05, 0.1) is 0 Å². The van der Waals surface area contributed by atoms with Crippen LogP contribution < -0.4 is 5.73 Å². The minimum atomic E-state index is 0.784. The van der Waals surface area contributed by atoms with E-state index in [2.05, 4.69) is 16.7 Å². The van der Waals surface area contributed by atoms with Crippen LogP contribution in [-0.2, 0) is 0 Å². The Kier molecular flexibility index (Phi) is 5.93. The number of likely N-dealkylation sites (tertiary alicyclic amines) is 2. The lowest BCUT2D eigenvalue weighted by molar-refractivity contribution is 0.0478. The molecule has 0 aromatic carbocycles. The summed E-state index contributed by atoms with van der Waals surface area (Å²) in [6.07, 6.45) is 9.44. The molecule has 2 aliphatic heterocycles. The first-order valence-electron chi connectivity index (χ1n) is 8.03. The lowest BCUT2D eigenvalue weighted by Crippen LogP contribution is -2.51. The molecule has 0 aromatic heterocycles. The van der Waals surface area contributed by atoms with Crippen molar-refractivity contribution in [3.8, 4) is 0 Å². The zero-order chi connectivity index (χ0) is 12.8. The highest BCUT2D eigenvalue weighted by atomic mass is 15.2. The lowest BCUT2D eigenvalue weighted by atomic mass is 9.93. The molecule has 2 saturated heterocycles. The highest BCUT2D eigenvalue weighted by molar-refractivity contribution is 4.86. The topological polar surface area (TPSA) is 32.5 Å². The second-order valence-corrected chi connectivity index (χ2v) is 6.04. The summed E-state index contributed by atoms with van der Waals surface area (Å²) in [4.78, 5) is 5.44. The van der Waals surface area contributed by atoms with Crippen molar-refractivity contribution in [3.05, 3.63) is 0 Å². The first-order valence-corrected chi connectivity index (χ1v) is 8.03. The van der Waals surface area contributed by atoms with Crippen LogP contribution in [0.4, 0.5) is 0 Å². The van der Waals surface area contributed by atoms with E-state index in [-0.39, 0.29) is 0 Å². The predicted molar refractivity (Wildman–Crippen MR) is 77.8 cm³/mol. The largest absolute Gasteiger partial charge is 0.330 e. The van der Waals surface area contributed by atoms with Crippen LogP contribution >= 0.6 is 0 Å². The minimum absolute atomic E-state index is 0.784. The van der Waals surface area contributed by atoms with Gasteiger partial charge in [-0.3, -0.25) is 4.90 Å². The Balaban J connectivity index is 1.82. The quantitative estimate of drug-likeness (QED) is 0.814. The lowest BCUT2D eigenvalue weighted by Gasteiger charge is -2.44. The Morgan fingerprint density at radius 2 is 1.83 bits per heavy atom. The van der Waals surface area contributed by atoms with Gasteiger partial charge in [0.1, 0.15) is 0 Å². The van der Waals surface area contributed by atoms with Crippen molar-refractivity contribution in [2.24, 2.45) is 5.73 Å². The first-order chi connectivity index (χ1) is 8.85. The van der Waals surface area contributed by atoms with Gasteiger partial charge in [-0.15, -0.1) is 0 Å². The molecule has 1 atom stereocenters. The molecule has 0 amide bonds. The van der Waals surface area contributed by atoms with Gasteiger partial charge in [-0.1, -0.05) is 13.3 Å². The minimum Gasteiger partial charge on any atom is -0.330 e. The molecule has 2 heterocycles. The van der Waals surface area contributed by atoms with E-state index >= 15 is 0 Å². The Morgan fingerprint density at radius 1 is 1.06 bits per heavy atom. The smallest absolute Gasteiger partial charge is 0.0122 e. The molecule has 18 heavy (non-hydrogen) atoms. The third-order valence-corrected chi connectivity index (χ3v) is 4.74. The van der Waals surface area contributed by atoms with E-state index in [0.29, 0.717) is 0 Å². The van der Waals surface area contributed by atoms with Crippen LogP contribution in [-0.4, -0.2) is 54.6 Å². The second-order valence-electron chi connectivity index (χ2n) is 6.04. The summed E-state index contributed by atoms with van der Waals surface area (Å²) in [7, 11) is 0. The van der Waals surface area contributed by atoms with Gasteiger partial charge in [-0.05, 0) is 71.2 Å². The zero-order valence-corrected chi connectivity index (χ0v) is 12.1. The van der Waals surface area contributed by atoms with Crippen molar-refractivity contribution >= 4 is 0 Å². The maximum atomic E-state index is 5.78. The van der Waals surface area contributed by atoms with E-state index < -0.39 is 0 Å². The average molecular weight is 253 g/mol. The molecule has 2 rings (SSSR count). The Hall–Kier alpha value is -0.120. The van der Waals surface area contributed by atoms with Gasteiger partial charge in [0, 0.05) is 12.1 Å². The van der Waals surface area contributed by atoms with Crippen LogP contribution in [0.15, 0.2) is 0 Å². The number of nitrogens with zero attached hydrogens (tertiary/aromatic N) is 2. The normalized spacial score (nSPS) is 28.7. The summed E-state index contributed by atoms with van der Waals surface area (Å²) >= 11 is 0. The van der Waals surface area contributed by atoms with E-state index in [1.54, 1.807) is 0 Å². The van der Waals surface area contributed by atoms with Gasteiger partial charge in [0.15, 0.2) is 0 Å². The van der Waals surface area contributed by atoms with Gasteiger partial charge in [0.25, 0.3) is 0 Å². The molecule has 0 spiro atoms. The molecule has 2 fully saturated rings. The molecule has 0 aliphatic carbocycles. The van der Waals surface area contributed by atoms with Crippen LogP contribution in [0.2, 0.25) is 0 Å². The third kappa shape index (κ3) is 3.69. The molecule has 3 heteroatoms. The SMILES string of the molecule is CCCN1CCC(N2CCCCC2CCN)CC1. The summed E-state index contributed by atoms with van der Waals surface area (Å²) in [5, 5.41) is 0. The van der Waals surface area contributed by atoms with E-state index in [0.717, 1.165) is 18.6 Å². The van der Waals surface area contributed by atoms with E-state index in [9.17, 15) is 0 Å². The summed E-state index contributed by atoms with van der Waals surface area (Å²) in [6.45, 7) is 8.38. The summed E-state index contributed by atoms with van der Waals surface area (Å²) in [5.74, 6) is 0. The van der Waals surface area contributed by atoms with E-state index in [4.69, 9.17) is 5.73 Å². The summed E-state index contributed by atoms with van der Waals surface area (Å²) in [6, 6.07) is 1.63. The molecule has 0 radical (unpaired) electrons. The molecule has 1 unspecified atom stereocenters. The molecule has 106 valence electrons. The van der Waals surface area contributed by atoms with Gasteiger partial charge >= 0.3 is 0 Å². The molecular formula is C15H31N3. The molecule has 2 aliphatic rings. The van der Waals surface area contributed by atoms with Crippen LogP contribution in [0.25, 0.3) is 0 Å². The molecule has 0 saturated carbocycles. The fourth-order valence-electron chi connectivity index (χ4n) is 3.80. The third-order valence-electron chi connectivity index (χ3n) is 4.74. The standard InChI is InChI=1S/C15H31N3/c1-2-10-17-12-7-15(8-13-17)18-11-4-3-5-14(18)6-9-16/h14-15H,2-13,16H2,1H3. The predicted octanol–water partition coefficient (Wildman–Crippen LogP) is 2.06. The van der Waals surface area contributed by atoms with Crippen LogP contribution in [0.3, 0.4) is 0 Å². The molecule has 2 N–H and O–H groups in total. The van der Waals surface area contributed by atoms with Gasteiger partial charge in [-0.25, -0.2) is 0 Å². The highest BCUT2D eigenvalue weighted by Crippen LogP contribution is 2.26. The van der Waals surface area contributed by atoms with Crippen LogP contribution in [0.5, 0.6) is 0 Å². The monoisotopic (exact) mass is 253 g/mol. The van der Waals surface area contributed by atoms with Gasteiger partial charge < -0.3 is 10.6 Å². The zero-order valence-electron chi connectivity index (χ0n) is 12.1. The number of piperidine rings is 2. The summed E-state index contributed by atoms with van der Waals surface area (Å²) in [5.41, 5.74) is 5.78. The van der Waals surface area contributed by atoms with Crippen molar-refractivity contribution < 1.29 is 0 Å². The maximum Gasteiger partial charge on any atom is 0.0122 e. The Labute approximate surface area is 113 Å². The van der Waals surface area contributed by atoms with Crippen molar-refractivity contribution in [1.82, 2.24) is 9.80 Å². The van der Waals surface area contributed by atoms with Crippen molar-refractivity contribution in [2.45, 2.75) is 64.0 Å². The van der Waals surface area contributed by atoms with E-state index in [1.165, 1.54) is 71.1 Å². The van der Waals surface area contributed by atoms with Gasteiger partial charge in [0.2, 0.25) is 0 Å². The molecule has 0 bridgehead atoms. The van der Waals surface area contributed by atoms with E-state index in [1.807, 2.05) is 0 Å². The number of nitrogens with two attached hydrogens (primary N) is 1.